The highest BCUT2D eigenvalue weighted by Crippen LogP contribution is 2.35. The van der Waals surface area contributed by atoms with Crippen LogP contribution in [-0.2, 0) is 6.42 Å². The fraction of sp³-hybridized carbons (Fsp3) is 0.297. The number of hydrogen-bond acceptors (Lipinski definition) is 3. The number of nitrogens with one attached hydrogen (secondary N) is 2. The van der Waals surface area contributed by atoms with Crippen LogP contribution in [0.2, 0.25) is 0 Å². The van der Waals surface area contributed by atoms with E-state index in [0.29, 0.717) is 5.92 Å². The number of unbranched alkanes of at least 4 members (excludes halogenated alkanes) is 3. The zero-order chi connectivity index (χ0) is 29.1. The van der Waals surface area contributed by atoms with E-state index in [0.717, 1.165) is 81.0 Å². The molecule has 5 heterocycles. The SMILES string of the molecule is CCCCCCc1c2nc(c(C(C)CC)c3nc(c(-c4ccc(OC)cc4)c4ccc(cc5ccc1[nH]5)[nH]4)C=C3)C=C2. The van der Waals surface area contributed by atoms with E-state index in [1.54, 1.807) is 7.11 Å². The Bertz CT molecular complexity index is 1800. The molecule has 2 N–H and O–H groups in total. The first-order chi connectivity index (χ1) is 20.6. The summed E-state index contributed by atoms with van der Waals surface area (Å²) in [7, 11) is 1.70. The number of nitrogens with zero attached hydrogens (tertiary/aromatic N) is 2. The number of ether oxygens (including phenoxy) is 1. The normalized spacial score (nSPS) is 13.0. The highest BCUT2D eigenvalue weighted by atomic mass is 16.5. The molecule has 0 aliphatic carbocycles. The molecule has 1 aromatic carbocycles. The number of benzene rings is 1. The van der Waals surface area contributed by atoms with Crippen molar-refractivity contribution in [3.05, 3.63) is 88.5 Å². The maximum absolute atomic E-state index is 5.44. The Morgan fingerprint density at radius 3 is 2.05 bits per heavy atom. The molecule has 1 unspecified atom stereocenters. The Balaban J connectivity index is 1.66. The fourth-order valence-corrected chi connectivity index (χ4v) is 5.98. The lowest BCUT2D eigenvalue weighted by atomic mass is 9.95. The second-order valence-electron chi connectivity index (χ2n) is 11.3. The van der Waals surface area contributed by atoms with Gasteiger partial charge < -0.3 is 14.7 Å². The van der Waals surface area contributed by atoms with Crippen molar-refractivity contribution < 1.29 is 4.74 Å². The van der Waals surface area contributed by atoms with Crippen LogP contribution in [0.25, 0.3) is 57.5 Å². The summed E-state index contributed by atoms with van der Waals surface area (Å²) in [5.41, 5.74) is 12.9. The van der Waals surface area contributed by atoms with Crippen molar-refractivity contribution in [2.45, 2.75) is 65.2 Å². The van der Waals surface area contributed by atoms with Gasteiger partial charge in [-0.05, 0) is 97.5 Å². The molecule has 4 aromatic rings. The van der Waals surface area contributed by atoms with Gasteiger partial charge >= 0.3 is 0 Å². The molecule has 0 saturated carbocycles. The molecule has 6 rings (SSSR count). The molecule has 5 heteroatoms. The standard InChI is InChI=1S/C37H40N4O/c1-5-7-8-9-10-29-30-17-13-26(38-30)23-27-14-18-34(39-27)37(25-11-15-28(42-4)16-12-25)35-22-21-33(41-35)36(24(3)6-2)32-20-19-31(29)40-32/h11-24,38-39H,5-10H2,1-4H3. The van der Waals surface area contributed by atoms with Crippen molar-refractivity contribution in [1.29, 1.82) is 0 Å². The van der Waals surface area contributed by atoms with E-state index in [9.17, 15) is 0 Å². The van der Waals surface area contributed by atoms with E-state index in [4.69, 9.17) is 14.7 Å². The molecule has 0 amide bonds. The lowest BCUT2D eigenvalue weighted by Gasteiger charge is -2.11. The second-order valence-corrected chi connectivity index (χ2v) is 11.3. The molecule has 0 spiro atoms. The molecule has 2 aliphatic rings. The summed E-state index contributed by atoms with van der Waals surface area (Å²) in [4.78, 5) is 17.9. The van der Waals surface area contributed by atoms with E-state index in [1.165, 1.54) is 30.4 Å². The molecule has 1 atom stereocenters. The van der Waals surface area contributed by atoms with Crippen LogP contribution in [0.3, 0.4) is 0 Å². The molecule has 5 nitrogen and oxygen atoms in total. The number of rotatable bonds is 9. The van der Waals surface area contributed by atoms with Crippen molar-refractivity contribution in [2.75, 3.05) is 7.11 Å². The van der Waals surface area contributed by atoms with Crippen molar-refractivity contribution >= 4 is 46.4 Å². The summed E-state index contributed by atoms with van der Waals surface area (Å²) >= 11 is 0. The van der Waals surface area contributed by atoms with Crippen molar-refractivity contribution in [3.63, 3.8) is 0 Å². The Hall–Kier alpha value is -4.38. The van der Waals surface area contributed by atoms with Gasteiger partial charge in [0.05, 0.1) is 29.9 Å². The third-order valence-electron chi connectivity index (χ3n) is 8.48. The minimum Gasteiger partial charge on any atom is -0.497 e. The predicted molar refractivity (Wildman–Crippen MR) is 177 cm³/mol. The van der Waals surface area contributed by atoms with E-state index < -0.39 is 0 Å². The van der Waals surface area contributed by atoms with Crippen LogP contribution in [0.5, 0.6) is 5.75 Å². The Morgan fingerprint density at radius 1 is 0.714 bits per heavy atom. The fourth-order valence-electron chi connectivity index (χ4n) is 5.98. The summed E-state index contributed by atoms with van der Waals surface area (Å²) in [6.07, 6.45) is 15.6. The van der Waals surface area contributed by atoms with Crippen molar-refractivity contribution in [3.8, 4) is 16.9 Å². The monoisotopic (exact) mass is 556 g/mol. The summed E-state index contributed by atoms with van der Waals surface area (Å²) in [6.45, 7) is 6.78. The average molecular weight is 557 g/mol. The number of aryl methyl sites for hydroxylation is 1. The number of hydrogen-bond donors (Lipinski definition) is 2. The molecule has 2 aliphatic heterocycles. The van der Waals surface area contributed by atoms with Crippen LogP contribution < -0.4 is 4.74 Å². The van der Waals surface area contributed by atoms with Gasteiger partial charge in [0.2, 0.25) is 0 Å². The first kappa shape index (κ1) is 27.8. The maximum Gasteiger partial charge on any atom is 0.118 e. The van der Waals surface area contributed by atoms with Gasteiger partial charge in [0.15, 0.2) is 0 Å². The van der Waals surface area contributed by atoms with E-state index >= 15 is 0 Å². The topological polar surface area (TPSA) is 66.6 Å². The van der Waals surface area contributed by atoms with Crippen LogP contribution in [0, 0.1) is 0 Å². The van der Waals surface area contributed by atoms with Gasteiger partial charge in [-0.3, -0.25) is 0 Å². The van der Waals surface area contributed by atoms with Gasteiger partial charge in [-0.15, -0.1) is 0 Å². The molecule has 8 bridgehead atoms. The quantitative estimate of drug-likeness (QED) is 0.174. The average Bonchev–Trinajstić information content (AvgIpc) is 3.83. The van der Waals surface area contributed by atoms with Crippen molar-refractivity contribution in [2.24, 2.45) is 0 Å². The van der Waals surface area contributed by atoms with Crippen LogP contribution in [0.4, 0.5) is 0 Å². The third kappa shape index (κ3) is 5.56. The van der Waals surface area contributed by atoms with Gasteiger partial charge in [0, 0.05) is 38.8 Å². The predicted octanol–water partition coefficient (Wildman–Crippen LogP) is 9.97. The maximum atomic E-state index is 5.44. The van der Waals surface area contributed by atoms with Gasteiger partial charge in [-0.2, -0.15) is 0 Å². The van der Waals surface area contributed by atoms with Crippen LogP contribution >= 0.6 is 0 Å². The summed E-state index contributed by atoms with van der Waals surface area (Å²) < 4.78 is 5.44. The lowest BCUT2D eigenvalue weighted by molar-refractivity contribution is 0.415. The zero-order valence-electron chi connectivity index (χ0n) is 25.1. The molecule has 214 valence electrons. The Morgan fingerprint density at radius 2 is 1.36 bits per heavy atom. The van der Waals surface area contributed by atoms with Crippen LogP contribution in [-0.4, -0.2) is 27.0 Å². The minimum atomic E-state index is 0.315. The first-order valence-corrected chi connectivity index (χ1v) is 15.3. The molecular formula is C37H40N4O. The Labute approximate surface area is 248 Å². The number of methoxy groups -OCH3 is 1. The first-order valence-electron chi connectivity index (χ1n) is 15.3. The molecule has 0 saturated heterocycles. The molecular weight excluding hydrogens is 516 g/mol. The minimum absolute atomic E-state index is 0.315. The summed E-state index contributed by atoms with van der Waals surface area (Å²) in [5.74, 6) is 1.15. The number of aromatic nitrogens is 4. The smallest absolute Gasteiger partial charge is 0.118 e. The van der Waals surface area contributed by atoms with E-state index in [2.05, 4.69) is 97.5 Å². The summed E-state index contributed by atoms with van der Waals surface area (Å²) in [5, 5.41) is 0. The highest BCUT2D eigenvalue weighted by molar-refractivity contribution is 5.91. The van der Waals surface area contributed by atoms with Gasteiger partial charge in [-0.25, -0.2) is 9.97 Å². The number of fused-ring (bicyclic) bond motifs is 8. The van der Waals surface area contributed by atoms with Gasteiger partial charge in [0.1, 0.15) is 5.75 Å². The molecule has 42 heavy (non-hydrogen) atoms. The highest BCUT2D eigenvalue weighted by Gasteiger charge is 2.19. The zero-order valence-corrected chi connectivity index (χ0v) is 25.1. The number of H-pyrrole nitrogens is 2. The van der Waals surface area contributed by atoms with E-state index in [-0.39, 0.29) is 0 Å². The van der Waals surface area contributed by atoms with Crippen LogP contribution in [0.15, 0.2) is 54.6 Å². The molecule has 0 radical (unpaired) electrons. The number of aromatic amines is 2. The summed E-state index contributed by atoms with van der Waals surface area (Å²) in [6, 6.07) is 19.0. The van der Waals surface area contributed by atoms with Gasteiger partial charge in [-0.1, -0.05) is 52.2 Å². The lowest BCUT2D eigenvalue weighted by Crippen LogP contribution is -1.99. The molecule has 3 aromatic heterocycles. The van der Waals surface area contributed by atoms with Crippen molar-refractivity contribution in [1.82, 2.24) is 19.9 Å². The largest absolute Gasteiger partial charge is 0.497 e. The van der Waals surface area contributed by atoms with E-state index in [1.807, 2.05) is 12.1 Å². The second kappa shape index (κ2) is 12.2. The van der Waals surface area contributed by atoms with Gasteiger partial charge in [0.25, 0.3) is 0 Å². The Kier molecular flexibility index (Phi) is 8.09. The van der Waals surface area contributed by atoms with Crippen LogP contribution in [0.1, 0.15) is 92.7 Å². The third-order valence-corrected chi connectivity index (χ3v) is 8.48. The molecule has 0 fully saturated rings.